The van der Waals surface area contributed by atoms with Crippen molar-refractivity contribution in [1.29, 1.82) is 0 Å². The summed E-state index contributed by atoms with van der Waals surface area (Å²) >= 11 is 0. The van der Waals surface area contributed by atoms with Crippen LogP contribution in [0.2, 0.25) is 0 Å². The van der Waals surface area contributed by atoms with Crippen molar-refractivity contribution in [3.05, 3.63) is 35.6 Å². The summed E-state index contributed by atoms with van der Waals surface area (Å²) in [7, 11) is 0. The highest BCUT2D eigenvalue weighted by atomic mass is 19.1. The molecule has 3 amide bonds. The smallest absolute Gasteiger partial charge is 0.325 e. The first-order valence-electron chi connectivity index (χ1n) is 7.58. The Balaban J connectivity index is 1.87. The van der Waals surface area contributed by atoms with Crippen LogP contribution < -0.4 is 5.32 Å². The zero-order chi connectivity index (χ0) is 15.7. The van der Waals surface area contributed by atoms with Crippen molar-refractivity contribution >= 4 is 11.9 Å². The molecule has 5 nitrogen and oxygen atoms in total. The Bertz CT molecular complexity index is 584. The fraction of sp³-hybridized carbons (Fsp3) is 0.500. The Hall–Kier alpha value is -1.95. The van der Waals surface area contributed by atoms with Crippen LogP contribution in [-0.2, 0) is 15.1 Å². The van der Waals surface area contributed by atoms with Crippen molar-refractivity contribution in [3.8, 4) is 0 Å². The zero-order valence-corrected chi connectivity index (χ0v) is 12.5. The van der Waals surface area contributed by atoms with E-state index in [4.69, 9.17) is 4.74 Å². The standard InChI is InChI=1S/C16H19FN2O3/c1-2-16(11-5-7-12(17)8-6-11)14(20)19(15(21)18-16)10-13-4-3-9-22-13/h5-8,13H,2-4,9-10H2,1H3,(H,18,21)/t13-,16-/m0/s1. The molecular weight excluding hydrogens is 287 g/mol. The van der Waals surface area contributed by atoms with E-state index in [1.807, 2.05) is 6.92 Å². The van der Waals surface area contributed by atoms with Gasteiger partial charge in [-0.15, -0.1) is 0 Å². The first-order chi connectivity index (χ1) is 10.6. The SMILES string of the molecule is CC[C@@]1(c2ccc(F)cc2)NC(=O)N(C[C@@H]2CCCO2)C1=O. The summed E-state index contributed by atoms with van der Waals surface area (Å²) in [6.45, 7) is 2.77. The number of imide groups is 1. The molecule has 2 aliphatic rings. The highest BCUT2D eigenvalue weighted by molar-refractivity contribution is 6.07. The molecule has 1 aromatic carbocycles. The average molecular weight is 306 g/mol. The molecule has 2 saturated heterocycles. The Morgan fingerprint density at radius 1 is 1.36 bits per heavy atom. The van der Waals surface area contributed by atoms with Gasteiger partial charge in [0.05, 0.1) is 12.6 Å². The first kappa shape index (κ1) is 15.0. The van der Waals surface area contributed by atoms with Crippen LogP contribution in [0.4, 0.5) is 9.18 Å². The second-order valence-electron chi connectivity index (χ2n) is 5.75. The van der Waals surface area contributed by atoms with Crippen LogP contribution in [-0.4, -0.2) is 36.1 Å². The van der Waals surface area contributed by atoms with Crippen molar-refractivity contribution in [3.63, 3.8) is 0 Å². The molecule has 2 heterocycles. The number of nitrogens with zero attached hydrogens (tertiary/aromatic N) is 1. The molecule has 2 atom stereocenters. The summed E-state index contributed by atoms with van der Waals surface area (Å²) < 4.78 is 18.6. The number of nitrogens with one attached hydrogen (secondary N) is 1. The van der Waals surface area contributed by atoms with Gasteiger partial charge in [0.25, 0.3) is 5.91 Å². The number of hydrogen-bond acceptors (Lipinski definition) is 3. The highest BCUT2D eigenvalue weighted by Gasteiger charge is 2.51. The predicted octanol–water partition coefficient (Wildman–Crippen LogP) is 2.16. The third-order valence-corrected chi connectivity index (χ3v) is 4.45. The van der Waals surface area contributed by atoms with Gasteiger partial charge in [-0.1, -0.05) is 19.1 Å². The summed E-state index contributed by atoms with van der Waals surface area (Å²) in [5, 5.41) is 2.79. The van der Waals surface area contributed by atoms with Crippen LogP contribution >= 0.6 is 0 Å². The van der Waals surface area contributed by atoms with E-state index in [9.17, 15) is 14.0 Å². The Morgan fingerprint density at radius 3 is 2.68 bits per heavy atom. The minimum atomic E-state index is -1.11. The maximum atomic E-state index is 13.1. The molecule has 0 aromatic heterocycles. The minimum absolute atomic E-state index is 0.0874. The molecule has 1 N–H and O–H groups in total. The summed E-state index contributed by atoms with van der Waals surface area (Å²) in [4.78, 5) is 26.3. The van der Waals surface area contributed by atoms with Gasteiger partial charge in [0.2, 0.25) is 0 Å². The molecule has 3 rings (SSSR count). The van der Waals surface area contributed by atoms with E-state index in [0.717, 1.165) is 12.8 Å². The summed E-state index contributed by atoms with van der Waals surface area (Å²) in [6, 6.07) is 5.29. The van der Waals surface area contributed by atoms with Crippen molar-refractivity contribution < 1.29 is 18.7 Å². The lowest BCUT2D eigenvalue weighted by Crippen LogP contribution is -2.44. The number of hydrogen-bond donors (Lipinski definition) is 1. The summed E-state index contributed by atoms with van der Waals surface area (Å²) in [5.74, 6) is -0.662. The minimum Gasteiger partial charge on any atom is -0.376 e. The molecule has 0 bridgehead atoms. The maximum absolute atomic E-state index is 13.1. The summed E-state index contributed by atoms with van der Waals surface area (Å²) in [5.41, 5.74) is -0.506. The number of urea groups is 1. The van der Waals surface area contributed by atoms with Crippen molar-refractivity contribution in [2.75, 3.05) is 13.2 Å². The number of benzene rings is 1. The van der Waals surface area contributed by atoms with E-state index in [0.29, 0.717) is 18.6 Å². The van der Waals surface area contributed by atoms with Crippen LogP contribution in [0.15, 0.2) is 24.3 Å². The lowest BCUT2D eigenvalue weighted by Gasteiger charge is -2.26. The van der Waals surface area contributed by atoms with E-state index in [1.54, 1.807) is 12.1 Å². The topological polar surface area (TPSA) is 58.6 Å². The lowest BCUT2D eigenvalue weighted by atomic mass is 9.87. The molecule has 1 aromatic rings. The first-order valence-corrected chi connectivity index (χ1v) is 7.58. The molecule has 118 valence electrons. The number of halogens is 1. The molecule has 0 saturated carbocycles. The van der Waals surface area contributed by atoms with Crippen molar-refractivity contribution in [2.24, 2.45) is 0 Å². The maximum Gasteiger partial charge on any atom is 0.325 e. The predicted molar refractivity (Wildman–Crippen MR) is 77.6 cm³/mol. The van der Waals surface area contributed by atoms with Gasteiger partial charge in [-0.2, -0.15) is 0 Å². The number of rotatable bonds is 4. The number of ether oxygens (including phenoxy) is 1. The van der Waals surface area contributed by atoms with Gasteiger partial charge in [-0.25, -0.2) is 9.18 Å². The fourth-order valence-corrected chi connectivity index (χ4v) is 3.16. The van der Waals surface area contributed by atoms with E-state index >= 15 is 0 Å². The molecule has 2 aliphatic heterocycles. The molecule has 22 heavy (non-hydrogen) atoms. The van der Waals surface area contributed by atoms with Gasteiger partial charge in [0, 0.05) is 6.61 Å². The Morgan fingerprint density at radius 2 is 2.09 bits per heavy atom. The van der Waals surface area contributed by atoms with Crippen LogP contribution in [0.5, 0.6) is 0 Å². The van der Waals surface area contributed by atoms with Gasteiger partial charge in [-0.3, -0.25) is 9.69 Å². The average Bonchev–Trinajstić information content (AvgIpc) is 3.11. The molecule has 0 aliphatic carbocycles. The third kappa shape index (κ3) is 2.37. The second kappa shape index (κ2) is 5.68. The molecule has 2 fully saturated rings. The Kier molecular flexibility index (Phi) is 3.87. The van der Waals surface area contributed by atoms with Crippen LogP contribution in [0.3, 0.4) is 0 Å². The van der Waals surface area contributed by atoms with Crippen molar-refractivity contribution in [1.82, 2.24) is 10.2 Å². The second-order valence-corrected chi connectivity index (χ2v) is 5.75. The van der Waals surface area contributed by atoms with E-state index in [1.165, 1.54) is 17.0 Å². The zero-order valence-electron chi connectivity index (χ0n) is 12.5. The van der Waals surface area contributed by atoms with Crippen LogP contribution in [0.1, 0.15) is 31.7 Å². The van der Waals surface area contributed by atoms with Gasteiger partial charge < -0.3 is 10.1 Å². The van der Waals surface area contributed by atoms with Crippen LogP contribution in [0, 0.1) is 5.82 Å². The molecule has 0 radical (unpaired) electrons. The Labute approximate surface area is 128 Å². The summed E-state index contributed by atoms with van der Waals surface area (Å²) in [6.07, 6.45) is 2.12. The highest BCUT2D eigenvalue weighted by Crippen LogP contribution is 2.33. The quantitative estimate of drug-likeness (QED) is 0.867. The number of carbonyl (C=O) groups excluding carboxylic acids is 2. The normalized spacial score (nSPS) is 28.3. The van der Waals surface area contributed by atoms with Gasteiger partial charge >= 0.3 is 6.03 Å². The fourth-order valence-electron chi connectivity index (χ4n) is 3.16. The van der Waals surface area contributed by atoms with E-state index in [-0.39, 0.29) is 24.4 Å². The molecule has 0 unspecified atom stereocenters. The van der Waals surface area contributed by atoms with Crippen molar-refractivity contribution in [2.45, 2.75) is 37.8 Å². The number of carbonyl (C=O) groups is 2. The van der Waals surface area contributed by atoms with E-state index < -0.39 is 11.6 Å². The largest absolute Gasteiger partial charge is 0.376 e. The molecule has 0 spiro atoms. The van der Waals surface area contributed by atoms with Gasteiger partial charge in [0.1, 0.15) is 11.4 Å². The number of amides is 3. The molecule has 6 heteroatoms. The van der Waals surface area contributed by atoms with Gasteiger partial charge in [-0.05, 0) is 37.0 Å². The van der Waals surface area contributed by atoms with Gasteiger partial charge in [0.15, 0.2) is 0 Å². The van der Waals surface area contributed by atoms with Crippen LogP contribution in [0.25, 0.3) is 0 Å². The molecular formula is C16H19FN2O3. The van der Waals surface area contributed by atoms with E-state index in [2.05, 4.69) is 5.32 Å². The third-order valence-electron chi connectivity index (χ3n) is 4.45. The lowest BCUT2D eigenvalue weighted by molar-refractivity contribution is -0.132. The monoisotopic (exact) mass is 306 g/mol.